The Labute approximate surface area is 92.3 Å². The molecule has 4 nitrogen and oxygen atoms in total. The first-order valence-electron chi connectivity index (χ1n) is 5.43. The Morgan fingerprint density at radius 1 is 1.50 bits per heavy atom. The van der Waals surface area contributed by atoms with Gasteiger partial charge < -0.3 is 5.11 Å². The molecule has 82 valence electrons. The molecule has 1 aliphatic rings. The molecule has 2 N–H and O–H groups in total. The molecule has 3 rings (SSSR count). The third-order valence-corrected chi connectivity index (χ3v) is 2.99. The Balaban J connectivity index is 2.06. The van der Waals surface area contributed by atoms with Gasteiger partial charge in [-0.3, -0.25) is 9.89 Å². The van der Waals surface area contributed by atoms with Crippen LogP contribution in [0.25, 0.3) is 10.9 Å². The van der Waals surface area contributed by atoms with E-state index in [2.05, 4.69) is 10.2 Å². The van der Waals surface area contributed by atoms with Crippen molar-refractivity contribution in [2.24, 2.45) is 0 Å². The lowest BCUT2D eigenvalue weighted by atomic mass is 10.1. The summed E-state index contributed by atoms with van der Waals surface area (Å²) in [5.74, 6) is -0.194. The summed E-state index contributed by atoms with van der Waals surface area (Å²) < 4.78 is 0. The second kappa shape index (κ2) is 3.33. The Morgan fingerprint density at radius 2 is 2.31 bits per heavy atom. The lowest BCUT2D eigenvalue weighted by Gasteiger charge is -1.98. The van der Waals surface area contributed by atoms with Gasteiger partial charge in [-0.15, -0.1) is 0 Å². The van der Waals surface area contributed by atoms with Crippen LogP contribution in [0.3, 0.4) is 0 Å². The molecule has 0 saturated heterocycles. The highest BCUT2D eigenvalue weighted by Crippen LogP contribution is 2.41. The van der Waals surface area contributed by atoms with E-state index in [0.29, 0.717) is 5.92 Å². The molecular weight excluding hydrogens is 204 g/mol. The first-order valence-corrected chi connectivity index (χ1v) is 5.43. The van der Waals surface area contributed by atoms with Crippen LogP contribution >= 0.6 is 0 Å². The van der Waals surface area contributed by atoms with E-state index in [-0.39, 0.29) is 6.42 Å². The Bertz CT molecular complexity index is 555. The molecule has 0 aliphatic heterocycles. The van der Waals surface area contributed by atoms with Crippen molar-refractivity contribution >= 4 is 16.9 Å². The molecule has 2 aromatic rings. The number of rotatable bonds is 3. The van der Waals surface area contributed by atoms with E-state index in [1.165, 1.54) is 18.5 Å². The molecule has 1 saturated carbocycles. The average molecular weight is 216 g/mol. The second-order valence-electron chi connectivity index (χ2n) is 4.33. The van der Waals surface area contributed by atoms with Crippen LogP contribution < -0.4 is 0 Å². The topological polar surface area (TPSA) is 66.0 Å². The van der Waals surface area contributed by atoms with Crippen LogP contribution in [0.2, 0.25) is 0 Å². The van der Waals surface area contributed by atoms with E-state index < -0.39 is 5.97 Å². The highest BCUT2D eigenvalue weighted by molar-refractivity contribution is 5.84. The third-order valence-electron chi connectivity index (χ3n) is 2.99. The molecule has 1 heterocycles. The summed E-state index contributed by atoms with van der Waals surface area (Å²) in [6, 6.07) is 5.66. The summed E-state index contributed by atoms with van der Waals surface area (Å²) in [5, 5.41) is 17.1. The van der Waals surface area contributed by atoms with Gasteiger partial charge in [0.1, 0.15) is 0 Å². The highest BCUT2D eigenvalue weighted by atomic mass is 16.4. The van der Waals surface area contributed by atoms with Gasteiger partial charge in [-0.2, -0.15) is 5.10 Å². The number of nitrogens with zero attached hydrogens (tertiary/aromatic N) is 1. The second-order valence-corrected chi connectivity index (χ2v) is 4.33. The summed E-state index contributed by atoms with van der Waals surface area (Å²) in [7, 11) is 0. The first kappa shape index (κ1) is 9.39. The summed E-state index contributed by atoms with van der Waals surface area (Å²) in [5.41, 5.74) is 2.93. The van der Waals surface area contributed by atoms with Crippen molar-refractivity contribution in [3.63, 3.8) is 0 Å². The lowest BCUT2D eigenvalue weighted by Crippen LogP contribution is -1.99. The molecule has 1 aromatic carbocycles. The third kappa shape index (κ3) is 1.56. The molecule has 0 radical (unpaired) electrons. The molecule has 0 spiro atoms. The van der Waals surface area contributed by atoms with Gasteiger partial charge >= 0.3 is 5.97 Å². The molecule has 16 heavy (non-hydrogen) atoms. The largest absolute Gasteiger partial charge is 0.481 e. The number of benzene rings is 1. The van der Waals surface area contributed by atoms with Gasteiger partial charge in [0.15, 0.2) is 0 Å². The monoisotopic (exact) mass is 216 g/mol. The zero-order valence-electron chi connectivity index (χ0n) is 8.73. The Morgan fingerprint density at radius 3 is 3.00 bits per heavy atom. The van der Waals surface area contributed by atoms with Crippen LogP contribution in [0.15, 0.2) is 18.2 Å². The van der Waals surface area contributed by atoms with Gasteiger partial charge in [0, 0.05) is 17.0 Å². The number of aliphatic carboxylic acids is 1. The van der Waals surface area contributed by atoms with Crippen molar-refractivity contribution in [1.82, 2.24) is 10.2 Å². The molecule has 0 bridgehead atoms. The number of nitrogens with one attached hydrogen (secondary N) is 1. The first-order chi connectivity index (χ1) is 7.74. The fourth-order valence-corrected chi connectivity index (χ4v) is 2.04. The van der Waals surface area contributed by atoms with Crippen LogP contribution in [-0.4, -0.2) is 21.3 Å². The molecule has 0 unspecified atom stereocenters. The van der Waals surface area contributed by atoms with E-state index in [4.69, 9.17) is 5.11 Å². The summed E-state index contributed by atoms with van der Waals surface area (Å²) >= 11 is 0. The number of carboxylic acid groups (broad SMARTS) is 1. The average Bonchev–Trinajstić information content (AvgIpc) is 2.98. The maximum absolute atomic E-state index is 10.7. The van der Waals surface area contributed by atoms with E-state index in [1.54, 1.807) is 0 Å². The van der Waals surface area contributed by atoms with Crippen LogP contribution in [0, 0.1) is 0 Å². The van der Waals surface area contributed by atoms with Crippen LogP contribution in [0.4, 0.5) is 0 Å². The molecule has 1 fully saturated rings. The zero-order chi connectivity index (χ0) is 11.1. The number of aromatic amines is 1. The number of hydrogen-bond acceptors (Lipinski definition) is 2. The van der Waals surface area contributed by atoms with Crippen LogP contribution in [0.1, 0.15) is 30.0 Å². The fourth-order valence-electron chi connectivity index (χ4n) is 2.04. The molecule has 4 heteroatoms. The summed E-state index contributed by atoms with van der Waals surface area (Å²) in [6.07, 6.45) is 2.49. The van der Waals surface area contributed by atoms with Crippen molar-refractivity contribution in [3.8, 4) is 0 Å². The summed E-state index contributed by atoms with van der Waals surface area (Å²) in [4.78, 5) is 10.7. The van der Waals surface area contributed by atoms with Crippen LogP contribution in [0.5, 0.6) is 0 Å². The van der Waals surface area contributed by atoms with Crippen molar-refractivity contribution in [3.05, 3.63) is 29.5 Å². The van der Waals surface area contributed by atoms with Gasteiger partial charge in [0.05, 0.1) is 11.9 Å². The minimum absolute atomic E-state index is 0.0746. The van der Waals surface area contributed by atoms with Gasteiger partial charge in [0.25, 0.3) is 0 Å². The van der Waals surface area contributed by atoms with Gasteiger partial charge in [-0.05, 0) is 30.5 Å². The molecular formula is C12H12N2O2. The number of hydrogen-bond donors (Lipinski definition) is 2. The predicted molar refractivity (Wildman–Crippen MR) is 59.4 cm³/mol. The fraction of sp³-hybridized carbons (Fsp3) is 0.333. The molecule has 0 amide bonds. The molecule has 1 aromatic heterocycles. The minimum atomic E-state index is -0.796. The van der Waals surface area contributed by atoms with E-state index in [9.17, 15) is 4.79 Å². The van der Waals surface area contributed by atoms with E-state index in [0.717, 1.165) is 16.5 Å². The zero-order valence-corrected chi connectivity index (χ0v) is 8.73. The normalized spacial score (nSPS) is 15.5. The van der Waals surface area contributed by atoms with Crippen molar-refractivity contribution in [1.29, 1.82) is 0 Å². The number of H-pyrrole nitrogens is 1. The number of fused-ring (bicyclic) bond motifs is 1. The minimum Gasteiger partial charge on any atom is -0.481 e. The van der Waals surface area contributed by atoms with Crippen molar-refractivity contribution < 1.29 is 9.90 Å². The molecule has 1 aliphatic carbocycles. The van der Waals surface area contributed by atoms with Crippen molar-refractivity contribution in [2.45, 2.75) is 25.2 Å². The van der Waals surface area contributed by atoms with Gasteiger partial charge in [-0.25, -0.2) is 0 Å². The number of aromatic nitrogens is 2. The quantitative estimate of drug-likeness (QED) is 0.825. The SMILES string of the molecule is O=C(O)Cc1ccc2n[nH]c(C3CC3)c2c1. The van der Waals surface area contributed by atoms with E-state index >= 15 is 0 Å². The maximum atomic E-state index is 10.7. The van der Waals surface area contributed by atoms with E-state index in [1.807, 2.05) is 18.2 Å². The predicted octanol–water partition coefficient (Wildman–Crippen LogP) is 2.07. The van der Waals surface area contributed by atoms with Crippen LogP contribution in [-0.2, 0) is 11.2 Å². The summed E-state index contributed by atoms with van der Waals surface area (Å²) in [6.45, 7) is 0. The molecule has 0 atom stereocenters. The smallest absolute Gasteiger partial charge is 0.307 e. The highest BCUT2D eigenvalue weighted by Gasteiger charge is 2.27. The maximum Gasteiger partial charge on any atom is 0.307 e. The lowest BCUT2D eigenvalue weighted by molar-refractivity contribution is -0.136. The Kier molecular flexibility index (Phi) is 1.96. The van der Waals surface area contributed by atoms with Gasteiger partial charge in [-0.1, -0.05) is 6.07 Å². The number of carboxylic acids is 1. The van der Waals surface area contributed by atoms with Gasteiger partial charge in [0.2, 0.25) is 0 Å². The Hall–Kier alpha value is -1.84. The number of carbonyl (C=O) groups is 1. The standard InChI is InChI=1S/C12H12N2O2/c15-11(16)6-7-1-4-10-9(5-7)12(14-13-10)8-2-3-8/h1,4-5,8H,2-3,6H2,(H,13,14)(H,15,16). The van der Waals surface area contributed by atoms with Crippen molar-refractivity contribution in [2.75, 3.05) is 0 Å².